The molecule has 2 aromatic rings. The minimum absolute atomic E-state index is 0.0988. The summed E-state index contributed by atoms with van der Waals surface area (Å²) in [6, 6.07) is 3.47. The fourth-order valence-corrected chi connectivity index (χ4v) is 7.27. The van der Waals surface area contributed by atoms with Gasteiger partial charge in [0.25, 0.3) is 5.91 Å². The molecule has 9 nitrogen and oxygen atoms in total. The highest BCUT2D eigenvalue weighted by Gasteiger charge is 2.40. The van der Waals surface area contributed by atoms with Gasteiger partial charge in [-0.05, 0) is 68.4 Å². The first-order valence-corrected chi connectivity index (χ1v) is 13.1. The molecular weight excluding hydrogens is 485 g/mol. The summed E-state index contributed by atoms with van der Waals surface area (Å²) in [5.74, 6) is -1.80. The minimum atomic E-state index is -4.02. The van der Waals surface area contributed by atoms with E-state index in [0.717, 1.165) is 53.3 Å². The average Bonchev–Trinajstić information content (AvgIpc) is 3.44. The molecule has 1 aromatic carbocycles. The molecule has 2 heterocycles. The Labute approximate surface area is 200 Å². The summed E-state index contributed by atoms with van der Waals surface area (Å²) in [6.45, 7) is 0.147. The van der Waals surface area contributed by atoms with Gasteiger partial charge < -0.3 is 10.1 Å². The third-order valence-electron chi connectivity index (χ3n) is 5.96. The molecule has 1 aromatic heterocycles. The number of nitrogens with one attached hydrogen (secondary N) is 2. The number of rotatable bonds is 5. The van der Waals surface area contributed by atoms with Gasteiger partial charge in [-0.2, -0.15) is 4.31 Å². The number of aryl methyl sites for hydroxylation is 1. The van der Waals surface area contributed by atoms with Crippen molar-refractivity contribution in [3.05, 3.63) is 46.1 Å². The Balaban J connectivity index is 1.61. The molecule has 1 aliphatic carbocycles. The number of halogens is 1. The number of nitrogens with zero attached hydrogens (tertiary/aromatic N) is 1. The maximum Gasteiger partial charge on any atom is 0.413 e. The second-order valence-corrected chi connectivity index (χ2v) is 11.1. The predicted molar refractivity (Wildman–Crippen MR) is 123 cm³/mol. The zero-order valence-corrected chi connectivity index (χ0v) is 20.1. The zero-order chi connectivity index (χ0) is 24.5. The standard InChI is InChI=1S/C22H24FN3O6S2/c1-32-22(29)25-20(28)18-15-5-2-3-7-17(15)33-21(18)24-19(27)16-6-4-12-26(16)34(30,31)14-10-8-13(23)9-11-14/h8-11,16H,2-7,12H2,1H3,(H,24,27)(H,25,28,29). The van der Waals surface area contributed by atoms with E-state index >= 15 is 0 Å². The van der Waals surface area contributed by atoms with Crippen molar-refractivity contribution in [3.63, 3.8) is 0 Å². The van der Waals surface area contributed by atoms with Gasteiger partial charge in [-0.3, -0.25) is 14.9 Å². The lowest BCUT2D eigenvalue weighted by Crippen LogP contribution is -2.43. The maximum atomic E-state index is 13.3. The van der Waals surface area contributed by atoms with Gasteiger partial charge >= 0.3 is 6.09 Å². The van der Waals surface area contributed by atoms with Crippen LogP contribution in [0, 0.1) is 5.82 Å². The van der Waals surface area contributed by atoms with Gasteiger partial charge in [-0.15, -0.1) is 11.3 Å². The number of fused-ring (bicyclic) bond motifs is 1. The van der Waals surface area contributed by atoms with Gasteiger partial charge in [-0.25, -0.2) is 17.6 Å². The molecule has 1 atom stereocenters. The van der Waals surface area contributed by atoms with Crippen LogP contribution in [0.3, 0.4) is 0 Å². The fraction of sp³-hybridized carbons (Fsp3) is 0.409. The number of amides is 3. The molecule has 4 rings (SSSR count). The first-order chi connectivity index (χ1) is 16.2. The van der Waals surface area contributed by atoms with Crippen molar-refractivity contribution >= 4 is 44.3 Å². The second kappa shape index (κ2) is 9.80. The Bertz CT molecular complexity index is 1230. The van der Waals surface area contributed by atoms with Gasteiger partial charge in [0, 0.05) is 11.4 Å². The molecule has 182 valence electrons. The highest BCUT2D eigenvalue weighted by molar-refractivity contribution is 7.89. The molecule has 1 saturated heterocycles. The lowest BCUT2D eigenvalue weighted by atomic mass is 9.95. The number of hydrogen-bond acceptors (Lipinski definition) is 7. The number of carbonyl (C=O) groups excluding carboxylic acids is 3. The monoisotopic (exact) mass is 509 g/mol. The van der Waals surface area contributed by atoms with Gasteiger partial charge in [0.05, 0.1) is 17.6 Å². The molecule has 0 spiro atoms. The van der Waals surface area contributed by atoms with Gasteiger partial charge in [0.15, 0.2) is 0 Å². The van der Waals surface area contributed by atoms with E-state index in [9.17, 15) is 27.2 Å². The first kappa shape index (κ1) is 24.3. The predicted octanol–water partition coefficient (Wildman–Crippen LogP) is 3.05. The van der Waals surface area contributed by atoms with E-state index in [1.54, 1.807) is 0 Å². The SMILES string of the molecule is COC(=O)NC(=O)c1c(NC(=O)C2CCCN2S(=O)(=O)c2ccc(F)cc2)sc2c1CCCC2. The van der Waals surface area contributed by atoms with Gasteiger partial charge in [0.2, 0.25) is 15.9 Å². The highest BCUT2D eigenvalue weighted by Crippen LogP contribution is 2.39. The van der Waals surface area contributed by atoms with Crippen LogP contribution in [0.5, 0.6) is 0 Å². The summed E-state index contributed by atoms with van der Waals surface area (Å²) >= 11 is 1.26. The number of carbonyl (C=O) groups is 3. The number of methoxy groups -OCH3 is 1. The van der Waals surface area contributed by atoms with Crippen molar-refractivity contribution in [3.8, 4) is 0 Å². The Morgan fingerprint density at radius 3 is 2.53 bits per heavy atom. The molecule has 1 aliphatic heterocycles. The third kappa shape index (κ3) is 4.70. The Morgan fingerprint density at radius 2 is 1.82 bits per heavy atom. The second-order valence-electron chi connectivity index (χ2n) is 8.08. The van der Waals surface area contributed by atoms with Crippen molar-refractivity contribution in [2.75, 3.05) is 19.0 Å². The van der Waals surface area contributed by atoms with Crippen molar-refractivity contribution < 1.29 is 31.9 Å². The normalized spacial score (nSPS) is 18.2. The molecule has 0 bridgehead atoms. The van der Waals surface area contributed by atoms with Crippen LogP contribution in [0.1, 0.15) is 46.5 Å². The summed E-state index contributed by atoms with van der Waals surface area (Å²) in [7, 11) is -2.88. The van der Waals surface area contributed by atoms with Crippen molar-refractivity contribution in [2.24, 2.45) is 0 Å². The zero-order valence-electron chi connectivity index (χ0n) is 18.4. The molecular formula is C22H24FN3O6S2. The molecule has 0 saturated carbocycles. The quantitative estimate of drug-likeness (QED) is 0.639. The van der Waals surface area contributed by atoms with Crippen LogP contribution in [0.25, 0.3) is 0 Å². The number of anilines is 1. The summed E-state index contributed by atoms with van der Waals surface area (Å²) in [4.78, 5) is 38.5. The van der Waals surface area contributed by atoms with Crippen molar-refractivity contribution in [1.82, 2.24) is 9.62 Å². The number of benzene rings is 1. The number of thiophene rings is 1. The number of ether oxygens (including phenoxy) is 1. The number of alkyl carbamates (subject to hydrolysis) is 1. The van der Waals surface area contributed by atoms with Crippen LogP contribution in [0.4, 0.5) is 14.2 Å². The van der Waals surface area contributed by atoms with E-state index in [4.69, 9.17) is 0 Å². The largest absolute Gasteiger partial charge is 0.453 e. The smallest absolute Gasteiger partial charge is 0.413 e. The summed E-state index contributed by atoms with van der Waals surface area (Å²) in [5, 5.41) is 5.17. The fourth-order valence-electron chi connectivity index (χ4n) is 4.33. The van der Waals surface area contributed by atoms with E-state index in [-0.39, 0.29) is 22.0 Å². The van der Waals surface area contributed by atoms with Crippen molar-refractivity contribution in [2.45, 2.75) is 49.5 Å². The lowest BCUT2D eigenvalue weighted by Gasteiger charge is -2.23. The molecule has 0 radical (unpaired) electrons. The van der Waals surface area contributed by atoms with E-state index in [2.05, 4.69) is 15.4 Å². The van der Waals surface area contributed by atoms with Crippen LogP contribution < -0.4 is 10.6 Å². The first-order valence-electron chi connectivity index (χ1n) is 10.8. The van der Waals surface area contributed by atoms with E-state index in [1.807, 2.05) is 0 Å². The van der Waals surface area contributed by atoms with Crippen LogP contribution >= 0.6 is 11.3 Å². The Kier molecular flexibility index (Phi) is 7.01. The van der Waals surface area contributed by atoms with Crippen LogP contribution in [0.2, 0.25) is 0 Å². The Morgan fingerprint density at radius 1 is 1.12 bits per heavy atom. The topological polar surface area (TPSA) is 122 Å². The molecule has 34 heavy (non-hydrogen) atoms. The molecule has 3 amide bonds. The molecule has 2 aliphatic rings. The number of hydrogen-bond donors (Lipinski definition) is 2. The maximum absolute atomic E-state index is 13.3. The summed E-state index contributed by atoms with van der Waals surface area (Å²) < 4.78 is 45.1. The van der Waals surface area contributed by atoms with E-state index < -0.39 is 39.8 Å². The molecule has 1 fully saturated rings. The summed E-state index contributed by atoms with van der Waals surface area (Å²) in [6.07, 6.45) is 3.09. The average molecular weight is 510 g/mol. The van der Waals surface area contributed by atoms with Crippen molar-refractivity contribution in [1.29, 1.82) is 0 Å². The Hall–Kier alpha value is -2.83. The van der Waals surface area contributed by atoms with E-state index in [1.165, 1.54) is 23.5 Å². The molecule has 12 heteroatoms. The van der Waals surface area contributed by atoms with E-state index in [0.29, 0.717) is 19.3 Å². The van der Waals surface area contributed by atoms with Crippen LogP contribution in [-0.2, 0) is 32.4 Å². The van der Waals surface area contributed by atoms with Crippen LogP contribution in [0.15, 0.2) is 29.2 Å². The number of sulfonamides is 1. The van der Waals surface area contributed by atoms with Crippen LogP contribution in [-0.4, -0.2) is 50.3 Å². The highest BCUT2D eigenvalue weighted by atomic mass is 32.2. The minimum Gasteiger partial charge on any atom is -0.453 e. The molecule has 1 unspecified atom stereocenters. The van der Waals surface area contributed by atoms with Gasteiger partial charge in [0.1, 0.15) is 16.9 Å². The lowest BCUT2D eigenvalue weighted by molar-refractivity contribution is -0.119. The number of imide groups is 1. The van der Waals surface area contributed by atoms with Gasteiger partial charge in [-0.1, -0.05) is 0 Å². The summed E-state index contributed by atoms with van der Waals surface area (Å²) in [5.41, 5.74) is 1.000. The molecule has 2 N–H and O–H groups in total. The third-order valence-corrected chi connectivity index (χ3v) is 9.09.